The van der Waals surface area contributed by atoms with Crippen LogP contribution in [0, 0.1) is 16.0 Å². The average molecular weight is 448 g/mol. The number of fused-ring (bicyclic) bond motifs is 1. The van der Waals surface area contributed by atoms with Crippen LogP contribution in [0.15, 0.2) is 60.7 Å². The Morgan fingerprint density at radius 3 is 2.24 bits per heavy atom. The molecule has 4 rings (SSSR count). The number of nitro benzene ring substituents is 1. The van der Waals surface area contributed by atoms with Crippen molar-refractivity contribution in [2.45, 2.75) is 18.9 Å². The average Bonchev–Trinajstić information content (AvgIpc) is 2.83. The van der Waals surface area contributed by atoms with Crippen LogP contribution in [0.4, 0.5) is 11.4 Å². The van der Waals surface area contributed by atoms with Crippen LogP contribution < -0.4 is 14.8 Å². The Balaban J connectivity index is 1.84. The van der Waals surface area contributed by atoms with Gasteiger partial charge in [-0.25, -0.2) is 4.79 Å². The van der Waals surface area contributed by atoms with Crippen molar-refractivity contribution in [2.75, 3.05) is 19.5 Å². The molecule has 2 N–H and O–H groups in total. The van der Waals surface area contributed by atoms with Crippen LogP contribution in [-0.4, -0.2) is 30.2 Å². The predicted octanol–water partition coefficient (Wildman–Crippen LogP) is 5.25. The highest BCUT2D eigenvalue weighted by Crippen LogP contribution is 2.49. The number of hydrogen-bond acceptors (Lipinski definition) is 6. The van der Waals surface area contributed by atoms with E-state index in [0.717, 1.165) is 22.4 Å². The topological polar surface area (TPSA) is 111 Å². The molecular weight excluding hydrogens is 424 g/mol. The van der Waals surface area contributed by atoms with E-state index in [9.17, 15) is 20.0 Å². The molecule has 0 saturated carbocycles. The summed E-state index contributed by atoms with van der Waals surface area (Å²) in [6, 6.07) is 17.1. The van der Waals surface area contributed by atoms with E-state index in [1.807, 2.05) is 18.2 Å². The fourth-order valence-electron chi connectivity index (χ4n) is 4.58. The van der Waals surface area contributed by atoms with E-state index in [1.54, 1.807) is 44.6 Å². The Bertz CT molecular complexity index is 1210. The molecule has 3 aromatic carbocycles. The predicted molar refractivity (Wildman–Crippen MR) is 123 cm³/mol. The number of carboxylic acids is 1. The van der Waals surface area contributed by atoms with Gasteiger partial charge in [0, 0.05) is 23.7 Å². The summed E-state index contributed by atoms with van der Waals surface area (Å²) in [5.74, 6) is 0.0356. The minimum Gasteiger partial charge on any atom is -0.493 e. The van der Waals surface area contributed by atoms with Crippen molar-refractivity contribution in [3.63, 3.8) is 0 Å². The number of nitro groups is 1. The molecule has 8 nitrogen and oxygen atoms in total. The molecule has 0 aromatic heterocycles. The van der Waals surface area contributed by atoms with E-state index in [-0.39, 0.29) is 29.1 Å². The number of anilines is 1. The van der Waals surface area contributed by atoms with Crippen LogP contribution in [0.3, 0.4) is 0 Å². The molecule has 0 fully saturated rings. The van der Waals surface area contributed by atoms with Crippen molar-refractivity contribution in [3.05, 3.63) is 93.0 Å². The maximum absolute atomic E-state index is 11.7. The van der Waals surface area contributed by atoms with E-state index in [4.69, 9.17) is 9.47 Å². The number of methoxy groups -OCH3 is 2. The fourth-order valence-corrected chi connectivity index (χ4v) is 4.58. The molecular formula is C25H24N2O6. The Morgan fingerprint density at radius 1 is 0.970 bits per heavy atom. The van der Waals surface area contributed by atoms with Crippen LogP contribution in [0.5, 0.6) is 11.5 Å². The molecule has 0 unspecified atom stereocenters. The van der Waals surface area contributed by atoms with Crippen molar-refractivity contribution < 1.29 is 24.3 Å². The first-order chi connectivity index (χ1) is 15.8. The summed E-state index contributed by atoms with van der Waals surface area (Å²) in [7, 11) is 3.15. The first-order valence-corrected chi connectivity index (χ1v) is 10.4. The van der Waals surface area contributed by atoms with Gasteiger partial charge in [-0.1, -0.05) is 25.1 Å². The van der Waals surface area contributed by atoms with Gasteiger partial charge in [-0.05, 0) is 52.9 Å². The second-order valence-corrected chi connectivity index (χ2v) is 8.03. The molecule has 8 heteroatoms. The van der Waals surface area contributed by atoms with Crippen molar-refractivity contribution in [3.8, 4) is 11.5 Å². The molecule has 0 aliphatic carbocycles. The van der Waals surface area contributed by atoms with Gasteiger partial charge < -0.3 is 19.9 Å². The number of nitrogens with one attached hydrogen (secondary N) is 1. The Hall–Kier alpha value is -4.07. The van der Waals surface area contributed by atoms with Gasteiger partial charge in [-0.15, -0.1) is 0 Å². The number of carbonyl (C=O) groups is 1. The Morgan fingerprint density at radius 2 is 1.64 bits per heavy atom. The maximum Gasteiger partial charge on any atom is 0.335 e. The minimum atomic E-state index is -0.992. The van der Waals surface area contributed by atoms with E-state index < -0.39 is 10.9 Å². The molecule has 1 aliphatic rings. The van der Waals surface area contributed by atoms with Gasteiger partial charge in [-0.3, -0.25) is 10.1 Å². The van der Waals surface area contributed by atoms with E-state index >= 15 is 0 Å². The highest BCUT2D eigenvalue weighted by Gasteiger charge is 2.36. The highest BCUT2D eigenvalue weighted by atomic mass is 16.6. The quantitative estimate of drug-likeness (QED) is 0.392. The third-order valence-electron chi connectivity index (χ3n) is 6.23. The van der Waals surface area contributed by atoms with Gasteiger partial charge in [0.1, 0.15) is 0 Å². The van der Waals surface area contributed by atoms with Crippen molar-refractivity contribution in [1.29, 1.82) is 0 Å². The number of rotatable bonds is 6. The molecule has 33 heavy (non-hydrogen) atoms. The van der Waals surface area contributed by atoms with Crippen LogP contribution in [0.25, 0.3) is 0 Å². The van der Waals surface area contributed by atoms with Crippen molar-refractivity contribution in [2.24, 2.45) is 5.92 Å². The lowest BCUT2D eigenvalue weighted by molar-refractivity contribution is -0.384. The summed E-state index contributed by atoms with van der Waals surface area (Å²) in [6.45, 7) is 2.08. The third-order valence-corrected chi connectivity index (χ3v) is 6.23. The monoisotopic (exact) mass is 448 g/mol. The van der Waals surface area contributed by atoms with Crippen molar-refractivity contribution in [1.82, 2.24) is 0 Å². The lowest BCUT2D eigenvalue weighted by Gasteiger charge is -2.40. The highest BCUT2D eigenvalue weighted by molar-refractivity contribution is 5.89. The summed E-state index contributed by atoms with van der Waals surface area (Å²) in [6.07, 6.45) is 0. The van der Waals surface area contributed by atoms with Gasteiger partial charge in [0.2, 0.25) is 0 Å². The van der Waals surface area contributed by atoms with Gasteiger partial charge in [0.15, 0.2) is 11.5 Å². The lowest BCUT2D eigenvalue weighted by Crippen LogP contribution is -2.31. The number of aromatic carboxylic acids is 1. The minimum absolute atomic E-state index is 0.0129. The number of non-ortho nitro benzene ring substituents is 1. The molecule has 0 bridgehead atoms. The van der Waals surface area contributed by atoms with Gasteiger partial charge >= 0.3 is 5.97 Å². The zero-order valence-corrected chi connectivity index (χ0v) is 18.4. The number of carboxylic acid groups (broad SMARTS) is 1. The molecule has 0 radical (unpaired) electrons. The molecule has 0 saturated heterocycles. The second-order valence-electron chi connectivity index (χ2n) is 8.03. The first-order valence-electron chi connectivity index (χ1n) is 10.4. The lowest BCUT2D eigenvalue weighted by atomic mass is 9.72. The molecule has 3 atom stereocenters. The van der Waals surface area contributed by atoms with E-state index in [1.165, 1.54) is 12.1 Å². The zero-order valence-electron chi connectivity index (χ0n) is 18.4. The maximum atomic E-state index is 11.7. The number of nitrogens with zero attached hydrogens (tertiary/aromatic N) is 1. The molecule has 0 spiro atoms. The number of hydrogen-bond donors (Lipinski definition) is 2. The number of benzene rings is 3. The summed E-state index contributed by atoms with van der Waals surface area (Å²) in [4.78, 5) is 22.3. The van der Waals surface area contributed by atoms with Crippen LogP contribution in [-0.2, 0) is 0 Å². The summed E-state index contributed by atoms with van der Waals surface area (Å²) >= 11 is 0. The van der Waals surface area contributed by atoms with Gasteiger partial charge in [-0.2, -0.15) is 0 Å². The van der Waals surface area contributed by atoms with Crippen molar-refractivity contribution >= 4 is 17.3 Å². The fraction of sp³-hybridized carbons (Fsp3) is 0.240. The Kier molecular flexibility index (Phi) is 5.91. The number of ether oxygens (including phenoxy) is 2. The van der Waals surface area contributed by atoms with Crippen LogP contribution in [0.2, 0.25) is 0 Å². The second kappa shape index (κ2) is 8.82. The summed E-state index contributed by atoms with van der Waals surface area (Å²) in [5.41, 5.74) is 3.80. The molecule has 3 aromatic rings. The zero-order chi connectivity index (χ0) is 23.7. The van der Waals surface area contributed by atoms with Gasteiger partial charge in [0.05, 0.1) is 30.7 Å². The smallest absolute Gasteiger partial charge is 0.335 e. The summed E-state index contributed by atoms with van der Waals surface area (Å²) in [5, 5.41) is 24.1. The first kappa shape index (κ1) is 22.1. The van der Waals surface area contributed by atoms with Gasteiger partial charge in [0.25, 0.3) is 5.69 Å². The third kappa shape index (κ3) is 4.07. The molecule has 170 valence electrons. The van der Waals surface area contributed by atoms with Crippen LogP contribution in [0.1, 0.15) is 45.9 Å². The SMILES string of the molecule is COc1ccc([C@@H]2c3cc(C(=O)O)ccc3N[C@@H](c3ccc([N+](=O)[O-])cc3)[C@H]2C)cc1OC. The normalized spacial score (nSPS) is 19.2. The Labute approximate surface area is 190 Å². The largest absolute Gasteiger partial charge is 0.493 e. The van der Waals surface area contributed by atoms with E-state index in [2.05, 4.69) is 12.2 Å². The molecule has 1 aliphatic heterocycles. The van der Waals surface area contributed by atoms with E-state index in [0.29, 0.717) is 11.5 Å². The summed E-state index contributed by atoms with van der Waals surface area (Å²) < 4.78 is 10.9. The molecule has 1 heterocycles. The molecule has 0 amide bonds. The standard InChI is InChI=1S/C25H24N2O6/c1-14-23(16-7-11-21(32-2)22(13-16)33-3)19-12-17(25(28)29)6-10-20(19)26-24(14)15-4-8-18(9-5-15)27(30)31/h4-14,23-24,26H,1-3H3,(H,28,29)/t14-,23+,24+/m0/s1. The van der Waals surface area contributed by atoms with Crippen LogP contribution >= 0.6 is 0 Å².